The van der Waals surface area contributed by atoms with Crippen molar-refractivity contribution in [1.29, 1.82) is 0 Å². The lowest BCUT2D eigenvalue weighted by Gasteiger charge is -2.21. The van der Waals surface area contributed by atoms with E-state index in [9.17, 15) is 4.79 Å². The summed E-state index contributed by atoms with van der Waals surface area (Å²) in [5.74, 6) is 6.06. The summed E-state index contributed by atoms with van der Waals surface area (Å²) in [7, 11) is 0. The van der Waals surface area contributed by atoms with Gasteiger partial charge >= 0.3 is 0 Å². The van der Waals surface area contributed by atoms with Gasteiger partial charge in [-0.15, -0.1) is 0 Å². The minimum atomic E-state index is 0.0154. The zero-order valence-electron chi connectivity index (χ0n) is 11.9. The highest BCUT2D eigenvalue weighted by Crippen LogP contribution is 2.24. The second kappa shape index (κ2) is 6.34. The van der Waals surface area contributed by atoms with Crippen LogP contribution in [0, 0.1) is 0 Å². The van der Waals surface area contributed by atoms with Gasteiger partial charge in [0.15, 0.2) is 0 Å². The van der Waals surface area contributed by atoms with Gasteiger partial charge in [0.25, 0.3) is 5.91 Å². The number of amides is 1. The molecule has 0 saturated heterocycles. The van der Waals surface area contributed by atoms with Crippen LogP contribution in [0.15, 0.2) is 30.5 Å². The SMILES string of the molecule is CCCN(CC)C(=O)c1cnc(NN)c2ccccc12. The maximum absolute atomic E-state index is 12.6. The molecule has 0 fully saturated rings. The summed E-state index contributed by atoms with van der Waals surface area (Å²) in [6.45, 7) is 5.49. The lowest BCUT2D eigenvalue weighted by molar-refractivity contribution is 0.0766. The predicted octanol–water partition coefficient (Wildman–Crippen LogP) is 2.39. The molecule has 0 aliphatic carbocycles. The number of pyridine rings is 1. The molecule has 0 aliphatic heterocycles. The van der Waals surface area contributed by atoms with E-state index in [1.165, 1.54) is 0 Å². The van der Waals surface area contributed by atoms with Crippen molar-refractivity contribution in [1.82, 2.24) is 9.88 Å². The number of anilines is 1. The van der Waals surface area contributed by atoms with E-state index in [0.717, 1.165) is 23.7 Å². The molecule has 1 aromatic carbocycles. The quantitative estimate of drug-likeness (QED) is 0.647. The van der Waals surface area contributed by atoms with Crippen molar-refractivity contribution in [2.75, 3.05) is 18.5 Å². The van der Waals surface area contributed by atoms with Crippen LogP contribution in [0.5, 0.6) is 0 Å². The van der Waals surface area contributed by atoms with Crippen molar-refractivity contribution < 1.29 is 4.79 Å². The van der Waals surface area contributed by atoms with Crippen LogP contribution in [0.25, 0.3) is 10.8 Å². The Labute approximate surface area is 118 Å². The molecule has 0 aliphatic rings. The van der Waals surface area contributed by atoms with Crippen molar-refractivity contribution in [3.05, 3.63) is 36.0 Å². The largest absolute Gasteiger partial charge is 0.339 e. The first-order valence-electron chi connectivity index (χ1n) is 6.86. The number of nitrogens with zero attached hydrogens (tertiary/aromatic N) is 2. The Morgan fingerprint density at radius 2 is 2.00 bits per heavy atom. The van der Waals surface area contributed by atoms with Crippen LogP contribution in [0.2, 0.25) is 0 Å². The average Bonchev–Trinajstić information content (AvgIpc) is 2.50. The van der Waals surface area contributed by atoms with Crippen molar-refractivity contribution in [2.24, 2.45) is 5.84 Å². The predicted molar refractivity (Wildman–Crippen MR) is 81.4 cm³/mol. The molecule has 5 heteroatoms. The van der Waals surface area contributed by atoms with Crippen LogP contribution in [0.4, 0.5) is 5.82 Å². The summed E-state index contributed by atoms with van der Waals surface area (Å²) in [5.41, 5.74) is 3.19. The number of hydrazine groups is 1. The monoisotopic (exact) mass is 272 g/mol. The third-order valence-corrected chi connectivity index (χ3v) is 3.32. The number of rotatable bonds is 5. The highest BCUT2D eigenvalue weighted by atomic mass is 16.2. The summed E-state index contributed by atoms with van der Waals surface area (Å²) < 4.78 is 0. The summed E-state index contributed by atoms with van der Waals surface area (Å²) >= 11 is 0. The number of nitrogens with two attached hydrogens (primary N) is 1. The number of carbonyl (C=O) groups is 1. The van der Waals surface area contributed by atoms with Gasteiger partial charge in [0.05, 0.1) is 5.56 Å². The van der Waals surface area contributed by atoms with Gasteiger partial charge in [0, 0.05) is 24.7 Å². The first-order valence-corrected chi connectivity index (χ1v) is 6.86. The van der Waals surface area contributed by atoms with Crippen molar-refractivity contribution >= 4 is 22.5 Å². The van der Waals surface area contributed by atoms with Crippen LogP contribution in [0.3, 0.4) is 0 Å². The van der Waals surface area contributed by atoms with Crippen LogP contribution in [-0.4, -0.2) is 28.9 Å². The molecule has 1 aromatic heterocycles. The number of fused-ring (bicyclic) bond motifs is 1. The van der Waals surface area contributed by atoms with E-state index in [-0.39, 0.29) is 5.91 Å². The van der Waals surface area contributed by atoms with Gasteiger partial charge in [-0.2, -0.15) is 0 Å². The second-order valence-corrected chi connectivity index (χ2v) is 4.60. The number of aromatic nitrogens is 1. The molecule has 0 bridgehead atoms. The maximum Gasteiger partial charge on any atom is 0.256 e. The van der Waals surface area contributed by atoms with Gasteiger partial charge < -0.3 is 10.3 Å². The third-order valence-electron chi connectivity index (χ3n) is 3.32. The summed E-state index contributed by atoms with van der Waals surface area (Å²) in [6, 6.07) is 7.65. The Bertz CT molecular complexity index is 612. The number of nitrogens with one attached hydrogen (secondary N) is 1. The molecule has 0 unspecified atom stereocenters. The summed E-state index contributed by atoms with van der Waals surface area (Å²) in [4.78, 5) is 18.7. The highest BCUT2D eigenvalue weighted by Gasteiger charge is 2.17. The Morgan fingerprint density at radius 3 is 2.60 bits per heavy atom. The standard InChI is InChI=1S/C15H20N4O/c1-3-9-19(4-2)15(20)13-10-17-14(18-16)12-8-6-5-7-11(12)13/h5-8,10H,3-4,9,16H2,1-2H3,(H,17,18). The molecule has 5 nitrogen and oxygen atoms in total. The fraction of sp³-hybridized carbons (Fsp3) is 0.333. The van der Waals surface area contributed by atoms with Gasteiger partial charge in [0.2, 0.25) is 0 Å². The van der Waals surface area contributed by atoms with Crippen molar-refractivity contribution in [3.8, 4) is 0 Å². The van der Waals surface area contributed by atoms with Crippen molar-refractivity contribution in [2.45, 2.75) is 20.3 Å². The highest BCUT2D eigenvalue weighted by molar-refractivity contribution is 6.09. The van der Waals surface area contributed by atoms with E-state index in [1.807, 2.05) is 36.1 Å². The summed E-state index contributed by atoms with van der Waals surface area (Å²) in [5, 5.41) is 1.73. The number of nitrogen functional groups attached to an aromatic ring is 1. The molecule has 106 valence electrons. The molecule has 0 saturated carbocycles. The van der Waals surface area contributed by atoms with Gasteiger partial charge in [-0.1, -0.05) is 31.2 Å². The van der Waals surface area contributed by atoms with Crippen LogP contribution >= 0.6 is 0 Å². The fourth-order valence-electron chi connectivity index (χ4n) is 2.32. The maximum atomic E-state index is 12.6. The molecule has 2 rings (SSSR count). The smallest absolute Gasteiger partial charge is 0.256 e. The van der Waals surface area contributed by atoms with E-state index in [4.69, 9.17) is 5.84 Å². The average molecular weight is 272 g/mol. The molecule has 1 heterocycles. The molecular weight excluding hydrogens is 252 g/mol. The third kappa shape index (κ3) is 2.58. The molecular formula is C15H20N4O. The zero-order valence-corrected chi connectivity index (χ0v) is 11.9. The molecule has 0 spiro atoms. The molecule has 3 N–H and O–H groups in total. The second-order valence-electron chi connectivity index (χ2n) is 4.60. The van der Waals surface area contributed by atoms with E-state index in [0.29, 0.717) is 17.9 Å². The molecule has 20 heavy (non-hydrogen) atoms. The lowest BCUT2D eigenvalue weighted by Crippen LogP contribution is -2.31. The van der Waals surface area contributed by atoms with E-state index in [1.54, 1.807) is 6.20 Å². The van der Waals surface area contributed by atoms with Crippen LogP contribution in [0.1, 0.15) is 30.6 Å². The molecule has 1 amide bonds. The lowest BCUT2D eigenvalue weighted by atomic mass is 10.1. The van der Waals surface area contributed by atoms with Gasteiger partial charge in [-0.05, 0) is 18.7 Å². The summed E-state index contributed by atoms with van der Waals surface area (Å²) in [6.07, 6.45) is 2.53. The van der Waals surface area contributed by atoms with Crippen LogP contribution in [-0.2, 0) is 0 Å². The zero-order chi connectivity index (χ0) is 14.5. The van der Waals surface area contributed by atoms with Crippen molar-refractivity contribution in [3.63, 3.8) is 0 Å². The Morgan fingerprint density at radius 1 is 1.30 bits per heavy atom. The topological polar surface area (TPSA) is 71.2 Å². The number of hydrogen-bond donors (Lipinski definition) is 2. The normalized spacial score (nSPS) is 10.6. The minimum absolute atomic E-state index is 0.0154. The molecule has 2 aromatic rings. The van der Waals surface area contributed by atoms with Crippen LogP contribution < -0.4 is 11.3 Å². The Kier molecular flexibility index (Phi) is 4.53. The van der Waals surface area contributed by atoms with Gasteiger partial charge in [0.1, 0.15) is 5.82 Å². The minimum Gasteiger partial charge on any atom is -0.339 e. The van der Waals surface area contributed by atoms with Gasteiger partial charge in [-0.3, -0.25) is 4.79 Å². The van der Waals surface area contributed by atoms with Gasteiger partial charge in [-0.25, -0.2) is 10.8 Å². The van der Waals surface area contributed by atoms with E-state index < -0.39 is 0 Å². The number of hydrogen-bond acceptors (Lipinski definition) is 4. The number of benzene rings is 1. The van der Waals surface area contributed by atoms with E-state index >= 15 is 0 Å². The first-order chi connectivity index (χ1) is 9.72. The van der Waals surface area contributed by atoms with E-state index in [2.05, 4.69) is 17.3 Å². The molecule has 0 radical (unpaired) electrons. The Hall–Kier alpha value is -2.14. The number of carbonyl (C=O) groups excluding carboxylic acids is 1. The fourth-order valence-corrected chi connectivity index (χ4v) is 2.32. The Balaban J connectivity index is 2.52. The first kappa shape index (κ1) is 14.3. The molecule has 0 atom stereocenters.